The highest BCUT2D eigenvalue weighted by atomic mass is 32.2. The lowest BCUT2D eigenvalue weighted by Gasteiger charge is -2.46. The molecule has 0 amide bonds. The van der Waals surface area contributed by atoms with Crippen LogP contribution in [0.15, 0.2) is 59.2 Å². The summed E-state index contributed by atoms with van der Waals surface area (Å²) in [6.07, 6.45) is 12.2. The van der Waals surface area contributed by atoms with E-state index in [-0.39, 0.29) is 5.82 Å². The molecule has 2 aliphatic heterocycles. The molecule has 5 heterocycles. The summed E-state index contributed by atoms with van der Waals surface area (Å²) in [7, 11) is 1.74. The van der Waals surface area contributed by atoms with E-state index in [0.29, 0.717) is 34.0 Å². The van der Waals surface area contributed by atoms with Crippen molar-refractivity contribution in [3.8, 4) is 5.82 Å². The van der Waals surface area contributed by atoms with Gasteiger partial charge in [-0.3, -0.25) is 4.57 Å². The maximum absolute atomic E-state index is 14.7. The molecule has 2 saturated heterocycles. The maximum atomic E-state index is 14.7. The number of piperidine rings is 2. The molecule has 1 spiro atoms. The Morgan fingerprint density at radius 1 is 0.949 bits per heavy atom. The average molecular weight is 548 g/mol. The molecular formula is C29H36FN8S+. The molecule has 0 radical (unpaired) electrons. The van der Waals surface area contributed by atoms with E-state index in [1.54, 1.807) is 4.57 Å². The van der Waals surface area contributed by atoms with Crippen LogP contribution in [0.5, 0.6) is 0 Å². The standard InChI is InChI=1S/C29H35FN8S/c1-36-15-11-29(12-16-36)13-17-37(18-14-29)22-9-7-21(8-10-22)32-28-31-19-23-24(30)20-38(27(23)34-28)26-6-4-5-25(33-26)35-39(2)3/h4-10,19-20H,11-18H2,1-3H3,(H,31,32,34)/p+1. The molecule has 2 aliphatic rings. The number of likely N-dealkylation sites (tertiary alicyclic amines) is 1. The zero-order valence-corrected chi connectivity index (χ0v) is 23.7. The average Bonchev–Trinajstić information content (AvgIpc) is 3.27. The third kappa shape index (κ3) is 5.53. The molecule has 39 heavy (non-hydrogen) atoms. The molecule has 10 heteroatoms. The number of aromatic nitrogens is 4. The highest BCUT2D eigenvalue weighted by molar-refractivity contribution is 7.85. The lowest BCUT2D eigenvalue weighted by atomic mass is 9.71. The van der Waals surface area contributed by atoms with E-state index in [1.807, 2.05) is 18.2 Å². The van der Waals surface area contributed by atoms with E-state index in [0.717, 1.165) is 18.8 Å². The number of hydrogen-bond acceptors (Lipinski definition) is 7. The summed E-state index contributed by atoms with van der Waals surface area (Å²) in [6, 6.07) is 14.0. The van der Waals surface area contributed by atoms with Gasteiger partial charge in [-0.1, -0.05) is 10.4 Å². The number of rotatable bonds is 5. The predicted octanol–water partition coefficient (Wildman–Crippen LogP) is 5.44. The topological polar surface area (TPSA) is 74.5 Å². The van der Waals surface area contributed by atoms with Crippen molar-refractivity contribution in [1.82, 2.24) is 24.4 Å². The van der Waals surface area contributed by atoms with Crippen LogP contribution in [0.2, 0.25) is 0 Å². The largest absolute Gasteiger partial charge is 0.371 e. The molecule has 0 saturated carbocycles. The van der Waals surface area contributed by atoms with Crippen molar-refractivity contribution < 1.29 is 4.39 Å². The first-order valence-corrected chi connectivity index (χ1v) is 15.8. The zero-order valence-electron chi connectivity index (χ0n) is 22.8. The van der Waals surface area contributed by atoms with Crippen molar-refractivity contribution in [2.24, 2.45) is 9.78 Å². The van der Waals surface area contributed by atoms with Gasteiger partial charge in [-0.05, 0) is 98.3 Å². The van der Waals surface area contributed by atoms with Crippen LogP contribution in [0.1, 0.15) is 25.7 Å². The van der Waals surface area contributed by atoms with Gasteiger partial charge in [-0.25, -0.2) is 14.4 Å². The molecular weight excluding hydrogens is 511 g/mol. The Bertz CT molecular complexity index is 1490. The first kappa shape index (κ1) is 25.9. The Balaban J connectivity index is 1.17. The Morgan fingerprint density at radius 2 is 1.67 bits per heavy atom. The van der Waals surface area contributed by atoms with E-state index in [4.69, 9.17) is 0 Å². The number of pyridine rings is 1. The second-order valence-corrected chi connectivity index (χ2v) is 12.9. The number of anilines is 3. The highest BCUT2D eigenvalue weighted by Crippen LogP contribution is 2.42. The van der Waals surface area contributed by atoms with Crippen molar-refractivity contribution in [3.05, 3.63) is 60.7 Å². The van der Waals surface area contributed by atoms with Gasteiger partial charge < -0.3 is 15.1 Å². The minimum Gasteiger partial charge on any atom is -0.371 e. The summed E-state index contributed by atoms with van der Waals surface area (Å²) in [5.74, 6) is 1.22. The first-order chi connectivity index (χ1) is 18.9. The third-order valence-corrected chi connectivity index (χ3v) is 8.73. The SMILES string of the molecule is CN1CCC2(CC1)CCN(c1ccc(Nc3ncc4c(F)cn(-c5cccc(N=[SH+](C)C)n5)c4n3)cc1)CC2. The molecule has 8 nitrogen and oxygen atoms in total. The van der Waals surface area contributed by atoms with E-state index in [9.17, 15) is 4.39 Å². The molecule has 4 aromatic rings. The first-order valence-electron chi connectivity index (χ1n) is 13.6. The van der Waals surface area contributed by atoms with Gasteiger partial charge in [-0.15, -0.1) is 0 Å². The number of hydrogen-bond donors (Lipinski definition) is 1. The Hall–Kier alpha value is -3.37. The van der Waals surface area contributed by atoms with E-state index in [2.05, 4.69) is 78.3 Å². The van der Waals surface area contributed by atoms with Crippen LogP contribution >= 0.6 is 0 Å². The summed E-state index contributed by atoms with van der Waals surface area (Å²) in [5, 5.41) is 3.63. The summed E-state index contributed by atoms with van der Waals surface area (Å²) in [6.45, 7) is 4.67. The normalized spacial score (nSPS) is 17.7. The van der Waals surface area contributed by atoms with E-state index < -0.39 is 10.7 Å². The van der Waals surface area contributed by atoms with Gasteiger partial charge in [0.2, 0.25) is 5.95 Å². The molecule has 204 valence electrons. The molecule has 0 aliphatic carbocycles. The highest BCUT2D eigenvalue weighted by Gasteiger charge is 2.36. The quantitative estimate of drug-likeness (QED) is 0.265. The van der Waals surface area contributed by atoms with Gasteiger partial charge in [0.1, 0.15) is 5.82 Å². The third-order valence-electron chi connectivity index (χ3n) is 8.13. The lowest BCUT2D eigenvalue weighted by molar-refractivity contribution is 0.0945. The van der Waals surface area contributed by atoms with Gasteiger partial charge in [0.15, 0.2) is 17.3 Å². The summed E-state index contributed by atoms with van der Waals surface area (Å²) in [4.78, 5) is 18.6. The Labute approximate surface area is 231 Å². The van der Waals surface area contributed by atoms with Crippen LogP contribution in [0.25, 0.3) is 16.9 Å². The fourth-order valence-electron chi connectivity index (χ4n) is 5.73. The molecule has 2 fully saturated rings. The van der Waals surface area contributed by atoms with Crippen LogP contribution in [0, 0.1) is 11.2 Å². The van der Waals surface area contributed by atoms with Crippen LogP contribution < -0.4 is 10.2 Å². The number of nitrogens with zero attached hydrogens (tertiary/aromatic N) is 7. The number of fused-ring (bicyclic) bond motifs is 1. The summed E-state index contributed by atoms with van der Waals surface area (Å²) >= 11 is 0. The molecule has 1 aromatic carbocycles. The van der Waals surface area contributed by atoms with Gasteiger partial charge in [0.25, 0.3) is 0 Å². The Morgan fingerprint density at radius 3 is 2.38 bits per heavy atom. The van der Waals surface area contributed by atoms with Crippen LogP contribution in [0.4, 0.5) is 27.5 Å². The second kappa shape index (κ2) is 10.7. The predicted molar refractivity (Wildman–Crippen MR) is 160 cm³/mol. The van der Waals surface area contributed by atoms with Crippen LogP contribution in [0.3, 0.4) is 0 Å². The molecule has 0 atom stereocenters. The van der Waals surface area contributed by atoms with Crippen molar-refractivity contribution in [2.75, 3.05) is 56.0 Å². The molecule has 1 N–H and O–H groups in total. The van der Waals surface area contributed by atoms with Crippen molar-refractivity contribution >= 4 is 44.9 Å². The molecule has 3 aromatic heterocycles. The number of thiol groups is 1. The van der Waals surface area contributed by atoms with Crippen LogP contribution in [-0.4, -0.2) is 70.2 Å². The fraction of sp³-hybridized carbons (Fsp3) is 0.414. The monoisotopic (exact) mass is 547 g/mol. The summed E-state index contributed by atoms with van der Waals surface area (Å²) in [5.41, 5.74) is 3.13. The number of benzene rings is 1. The number of nitrogens with one attached hydrogen (secondary N) is 1. The lowest BCUT2D eigenvalue weighted by Crippen LogP contribution is -2.46. The van der Waals surface area contributed by atoms with Gasteiger partial charge in [0, 0.05) is 36.9 Å². The Kier molecular flexibility index (Phi) is 7.07. The van der Waals surface area contributed by atoms with Crippen molar-refractivity contribution in [1.29, 1.82) is 0 Å². The summed E-state index contributed by atoms with van der Waals surface area (Å²) < 4.78 is 21.0. The number of halogens is 1. The van der Waals surface area contributed by atoms with E-state index >= 15 is 0 Å². The minimum atomic E-state index is -0.495. The zero-order chi connectivity index (χ0) is 27.0. The smallest absolute Gasteiger partial charge is 0.229 e. The van der Waals surface area contributed by atoms with Crippen molar-refractivity contribution in [2.45, 2.75) is 25.7 Å². The maximum Gasteiger partial charge on any atom is 0.229 e. The molecule has 0 bridgehead atoms. The van der Waals surface area contributed by atoms with Crippen LogP contribution in [-0.2, 0) is 10.7 Å². The minimum absolute atomic E-state index is 0.348. The van der Waals surface area contributed by atoms with Gasteiger partial charge >= 0.3 is 0 Å². The van der Waals surface area contributed by atoms with E-state index in [1.165, 1.54) is 56.9 Å². The fourth-order valence-corrected chi connectivity index (χ4v) is 6.25. The van der Waals surface area contributed by atoms with Gasteiger partial charge in [-0.2, -0.15) is 4.98 Å². The van der Waals surface area contributed by atoms with Gasteiger partial charge in [0.05, 0.1) is 17.9 Å². The molecule has 6 rings (SSSR count). The molecule has 0 unspecified atom stereocenters. The second-order valence-electron chi connectivity index (χ2n) is 11.0. The van der Waals surface area contributed by atoms with Crippen molar-refractivity contribution in [3.63, 3.8) is 0 Å².